The maximum Gasteiger partial charge on any atom is 0.416 e. The number of fused-ring (bicyclic) bond motifs is 1. The second-order valence-corrected chi connectivity index (χ2v) is 7.03. The summed E-state index contributed by atoms with van der Waals surface area (Å²) in [7, 11) is 0. The minimum Gasteiger partial charge on any atom is -0.507 e. The number of benzene rings is 2. The van der Waals surface area contributed by atoms with E-state index in [0.717, 1.165) is 6.07 Å². The summed E-state index contributed by atoms with van der Waals surface area (Å²) in [5, 5.41) is 32.1. The lowest BCUT2D eigenvalue weighted by atomic mass is 10.0. The third-order valence-corrected chi connectivity index (χ3v) is 5.07. The van der Waals surface area contributed by atoms with Crippen LogP contribution in [0.25, 0.3) is 22.0 Å². The van der Waals surface area contributed by atoms with E-state index in [9.17, 15) is 23.1 Å². The number of halogens is 3. The maximum absolute atomic E-state index is 12.9. The average Bonchev–Trinajstić information content (AvgIpc) is 3.17. The number of aromatic hydroxyl groups is 1. The highest BCUT2D eigenvalue weighted by atomic mass is 19.4. The van der Waals surface area contributed by atoms with Crippen LogP contribution >= 0.6 is 0 Å². The van der Waals surface area contributed by atoms with E-state index in [0.29, 0.717) is 42.2 Å². The second-order valence-electron chi connectivity index (χ2n) is 7.03. The van der Waals surface area contributed by atoms with Crippen LogP contribution in [0.2, 0.25) is 0 Å². The predicted molar refractivity (Wildman–Crippen MR) is 103 cm³/mol. The number of carboxylic acid groups (broad SMARTS) is 1. The van der Waals surface area contributed by atoms with Crippen molar-refractivity contribution in [2.45, 2.75) is 18.6 Å². The molecule has 30 heavy (non-hydrogen) atoms. The number of phenols is 1. The van der Waals surface area contributed by atoms with Gasteiger partial charge < -0.3 is 20.4 Å². The second kappa shape index (κ2) is 7.36. The molecule has 1 aromatic heterocycles. The lowest BCUT2D eigenvalue weighted by Gasteiger charge is -2.17. The first-order valence-electron chi connectivity index (χ1n) is 9.14. The summed E-state index contributed by atoms with van der Waals surface area (Å²) < 4.78 is 38.7. The number of alkyl halides is 3. The van der Waals surface area contributed by atoms with Crippen molar-refractivity contribution in [3.05, 3.63) is 48.0 Å². The van der Waals surface area contributed by atoms with Gasteiger partial charge in [0.05, 0.1) is 5.56 Å². The number of rotatable bonds is 3. The van der Waals surface area contributed by atoms with E-state index < -0.39 is 23.6 Å². The van der Waals surface area contributed by atoms with Gasteiger partial charge in [0.2, 0.25) is 0 Å². The van der Waals surface area contributed by atoms with Crippen molar-refractivity contribution in [3.63, 3.8) is 0 Å². The molecular weight excluding hydrogens is 401 g/mol. The molecule has 10 heteroatoms. The van der Waals surface area contributed by atoms with Gasteiger partial charge in [0.1, 0.15) is 11.4 Å². The first-order valence-corrected chi connectivity index (χ1v) is 9.14. The number of carbonyl (C=O) groups is 1. The Hall–Kier alpha value is -3.56. The SMILES string of the molecule is O=C(O)N1CC[C@@H](Nc2nnc(-c3ccc(C(F)(F)F)cc3O)c3ccccc23)C1. The van der Waals surface area contributed by atoms with Crippen molar-refractivity contribution in [2.75, 3.05) is 18.4 Å². The normalized spacial score (nSPS) is 16.8. The Morgan fingerprint density at radius 3 is 2.50 bits per heavy atom. The number of aromatic nitrogens is 2. The minimum absolute atomic E-state index is 0.135. The zero-order valence-electron chi connectivity index (χ0n) is 15.5. The van der Waals surface area contributed by atoms with Gasteiger partial charge in [-0.15, -0.1) is 10.2 Å². The number of nitrogens with zero attached hydrogens (tertiary/aromatic N) is 3. The van der Waals surface area contributed by atoms with Crippen LogP contribution in [-0.4, -0.2) is 50.5 Å². The molecular formula is C20H17F3N4O3. The van der Waals surface area contributed by atoms with E-state index in [4.69, 9.17) is 5.11 Å². The minimum atomic E-state index is -4.57. The molecule has 3 aromatic rings. The number of amides is 1. The van der Waals surface area contributed by atoms with Gasteiger partial charge in [-0.2, -0.15) is 13.2 Å². The molecule has 156 valence electrons. The third-order valence-electron chi connectivity index (χ3n) is 5.07. The van der Waals surface area contributed by atoms with Crippen molar-refractivity contribution in [1.82, 2.24) is 15.1 Å². The molecule has 2 heterocycles. The van der Waals surface area contributed by atoms with E-state index in [2.05, 4.69) is 15.5 Å². The van der Waals surface area contributed by atoms with Gasteiger partial charge >= 0.3 is 12.3 Å². The molecule has 2 aromatic carbocycles. The smallest absolute Gasteiger partial charge is 0.416 e. The van der Waals surface area contributed by atoms with E-state index >= 15 is 0 Å². The first kappa shape index (κ1) is 19.7. The first-order chi connectivity index (χ1) is 14.2. The Morgan fingerprint density at radius 2 is 1.87 bits per heavy atom. The fraction of sp³-hybridized carbons (Fsp3) is 0.250. The van der Waals surface area contributed by atoms with E-state index in [1.54, 1.807) is 24.3 Å². The summed E-state index contributed by atoms with van der Waals surface area (Å²) in [6, 6.07) is 9.63. The highest BCUT2D eigenvalue weighted by Gasteiger charge is 2.31. The molecule has 1 atom stereocenters. The fourth-order valence-corrected chi connectivity index (χ4v) is 3.56. The number of nitrogens with one attached hydrogen (secondary N) is 1. The van der Waals surface area contributed by atoms with Gasteiger partial charge in [0, 0.05) is 35.5 Å². The Kier molecular flexibility index (Phi) is 4.84. The topological polar surface area (TPSA) is 98.6 Å². The van der Waals surface area contributed by atoms with Crippen LogP contribution in [0.4, 0.5) is 23.8 Å². The van der Waals surface area contributed by atoms with Crippen LogP contribution in [0.15, 0.2) is 42.5 Å². The number of hydrogen-bond acceptors (Lipinski definition) is 5. The zero-order chi connectivity index (χ0) is 21.5. The van der Waals surface area contributed by atoms with Crippen molar-refractivity contribution in [1.29, 1.82) is 0 Å². The van der Waals surface area contributed by atoms with E-state index in [1.807, 2.05) is 0 Å². The summed E-state index contributed by atoms with van der Waals surface area (Å²) >= 11 is 0. The number of likely N-dealkylation sites (tertiary alicyclic amines) is 1. The van der Waals surface area contributed by atoms with Gasteiger partial charge in [0.25, 0.3) is 0 Å². The highest BCUT2D eigenvalue weighted by Crippen LogP contribution is 2.38. The standard InChI is InChI=1S/C20H17F3N4O3/c21-20(22,23)11-5-6-15(16(28)9-11)17-13-3-1-2-4-14(13)18(26-25-17)24-12-7-8-27(10-12)19(29)30/h1-6,9,12,28H,7-8,10H2,(H,24,26)(H,29,30)/t12-/m1/s1. The Balaban J connectivity index is 1.71. The molecule has 0 aliphatic carbocycles. The van der Waals surface area contributed by atoms with Gasteiger partial charge in [-0.25, -0.2) is 4.79 Å². The van der Waals surface area contributed by atoms with Crippen molar-refractivity contribution < 1.29 is 28.2 Å². The van der Waals surface area contributed by atoms with Crippen molar-refractivity contribution >= 4 is 22.7 Å². The Bertz CT molecular complexity index is 1120. The molecule has 0 unspecified atom stereocenters. The van der Waals surface area contributed by atoms with Gasteiger partial charge in [-0.05, 0) is 24.6 Å². The van der Waals surface area contributed by atoms with Crippen LogP contribution in [0, 0.1) is 0 Å². The molecule has 3 N–H and O–H groups in total. The molecule has 4 rings (SSSR count). The fourth-order valence-electron chi connectivity index (χ4n) is 3.56. The molecule has 1 amide bonds. The van der Waals surface area contributed by atoms with Crippen molar-refractivity contribution in [2.24, 2.45) is 0 Å². The summed E-state index contributed by atoms with van der Waals surface area (Å²) in [6.07, 6.45) is -4.93. The van der Waals surface area contributed by atoms with Crippen LogP contribution in [-0.2, 0) is 6.18 Å². The molecule has 0 spiro atoms. The highest BCUT2D eigenvalue weighted by molar-refractivity contribution is 6.00. The summed E-state index contributed by atoms with van der Waals surface area (Å²) in [5.41, 5.74) is -0.569. The summed E-state index contributed by atoms with van der Waals surface area (Å²) in [4.78, 5) is 12.4. The molecule has 0 bridgehead atoms. The summed E-state index contributed by atoms with van der Waals surface area (Å²) in [6.45, 7) is 0.725. The predicted octanol–water partition coefficient (Wildman–Crippen LogP) is 4.19. The van der Waals surface area contributed by atoms with Gasteiger partial charge in [-0.1, -0.05) is 24.3 Å². The third kappa shape index (κ3) is 3.68. The molecule has 1 aliphatic heterocycles. The van der Waals surface area contributed by atoms with Crippen LogP contribution in [0.3, 0.4) is 0 Å². The van der Waals surface area contributed by atoms with E-state index in [-0.39, 0.29) is 17.3 Å². The number of phenolic OH excluding ortho intramolecular Hbond substituents is 1. The molecule has 7 nitrogen and oxygen atoms in total. The number of hydrogen-bond donors (Lipinski definition) is 3. The summed E-state index contributed by atoms with van der Waals surface area (Å²) in [5.74, 6) is -0.101. The van der Waals surface area contributed by atoms with Gasteiger partial charge in [0.15, 0.2) is 5.82 Å². The van der Waals surface area contributed by atoms with Gasteiger partial charge in [-0.3, -0.25) is 0 Å². The zero-order valence-corrected chi connectivity index (χ0v) is 15.5. The number of anilines is 1. The average molecular weight is 418 g/mol. The lowest BCUT2D eigenvalue weighted by Crippen LogP contribution is -2.30. The van der Waals surface area contributed by atoms with Crippen LogP contribution in [0.1, 0.15) is 12.0 Å². The van der Waals surface area contributed by atoms with E-state index in [1.165, 1.54) is 11.0 Å². The largest absolute Gasteiger partial charge is 0.507 e. The maximum atomic E-state index is 12.9. The Labute approximate surface area is 168 Å². The van der Waals surface area contributed by atoms with Crippen LogP contribution in [0.5, 0.6) is 5.75 Å². The molecule has 1 fully saturated rings. The monoisotopic (exact) mass is 418 g/mol. The van der Waals surface area contributed by atoms with Crippen LogP contribution < -0.4 is 5.32 Å². The van der Waals surface area contributed by atoms with Crippen molar-refractivity contribution in [3.8, 4) is 17.0 Å². The quantitative estimate of drug-likeness (QED) is 0.590. The molecule has 0 saturated carbocycles. The molecule has 0 radical (unpaired) electrons. The molecule has 1 saturated heterocycles. The lowest BCUT2D eigenvalue weighted by molar-refractivity contribution is -0.137. The molecule has 1 aliphatic rings. The Morgan fingerprint density at radius 1 is 1.13 bits per heavy atom.